The van der Waals surface area contributed by atoms with Gasteiger partial charge in [-0.2, -0.15) is 0 Å². The molecule has 0 saturated heterocycles. The Morgan fingerprint density at radius 3 is 2.64 bits per heavy atom. The van der Waals surface area contributed by atoms with Gasteiger partial charge >= 0.3 is 0 Å². The molecule has 0 N–H and O–H groups in total. The number of amides is 1. The number of hydrogen-bond acceptors (Lipinski definition) is 3. The van der Waals surface area contributed by atoms with Gasteiger partial charge in [-0.3, -0.25) is 9.78 Å². The average Bonchev–Trinajstić information content (AvgIpc) is 2.47. The van der Waals surface area contributed by atoms with Crippen molar-refractivity contribution in [3.63, 3.8) is 0 Å². The highest BCUT2D eigenvalue weighted by Gasteiger charge is 2.27. The highest BCUT2D eigenvalue weighted by atomic mass is 19.1. The van der Waals surface area contributed by atoms with Gasteiger partial charge in [0.25, 0.3) is 5.91 Å². The number of halogens is 1. The summed E-state index contributed by atoms with van der Waals surface area (Å²) in [6.45, 7) is 4.95. The lowest BCUT2D eigenvalue weighted by Crippen LogP contribution is -2.43. The monoisotopic (exact) mass is 299 g/mol. The van der Waals surface area contributed by atoms with Crippen molar-refractivity contribution in [3.05, 3.63) is 53.1 Å². The molecular formula is C17H18FN3O. The first kappa shape index (κ1) is 14.5. The van der Waals surface area contributed by atoms with Crippen molar-refractivity contribution in [1.29, 1.82) is 0 Å². The molecule has 1 aliphatic rings. The summed E-state index contributed by atoms with van der Waals surface area (Å²) in [4.78, 5) is 20.9. The molecule has 0 atom stereocenters. The summed E-state index contributed by atoms with van der Waals surface area (Å²) < 4.78 is 13.6. The fraction of sp³-hybridized carbons (Fsp3) is 0.294. The molecule has 3 rings (SSSR count). The Morgan fingerprint density at radius 2 is 1.91 bits per heavy atom. The third kappa shape index (κ3) is 2.43. The molecule has 0 radical (unpaired) electrons. The molecule has 1 aromatic heterocycles. The number of anilines is 2. The quantitative estimate of drug-likeness (QED) is 0.812. The van der Waals surface area contributed by atoms with Gasteiger partial charge < -0.3 is 9.80 Å². The summed E-state index contributed by atoms with van der Waals surface area (Å²) in [6, 6.07) is 8.16. The maximum absolute atomic E-state index is 13.6. The number of likely N-dealkylation sites (N-methyl/N-ethyl adjacent to an activating group) is 1. The van der Waals surface area contributed by atoms with Crippen molar-refractivity contribution in [3.8, 4) is 0 Å². The standard InChI is InChI=1S/C17H18FN3O/c1-11-4-6-14(12(2)19-11)17(22)21-9-8-20(3)15-7-5-13(18)10-16(15)21/h4-7,10H,8-9H2,1-3H3. The van der Waals surface area contributed by atoms with Crippen molar-refractivity contribution in [2.24, 2.45) is 0 Å². The van der Waals surface area contributed by atoms with Crippen molar-refractivity contribution < 1.29 is 9.18 Å². The SMILES string of the molecule is Cc1ccc(C(=O)N2CCN(C)c3ccc(F)cc32)c(C)n1. The van der Waals surface area contributed by atoms with Crippen LogP contribution in [-0.4, -0.2) is 31.0 Å². The number of carbonyl (C=O) groups is 1. The number of nitrogens with zero attached hydrogens (tertiary/aromatic N) is 3. The van der Waals surface area contributed by atoms with Gasteiger partial charge in [-0.25, -0.2) is 4.39 Å². The first-order chi connectivity index (χ1) is 10.5. The fourth-order valence-electron chi connectivity index (χ4n) is 2.80. The summed E-state index contributed by atoms with van der Waals surface area (Å²) in [6.07, 6.45) is 0. The van der Waals surface area contributed by atoms with E-state index in [0.29, 0.717) is 30.0 Å². The number of rotatable bonds is 1. The number of pyridine rings is 1. The zero-order valence-corrected chi connectivity index (χ0v) is 12.9. The van der Waals surface area contributed by atoms with E-state index in [0.717, 1.165) is 11.4 Å². The maximum atomic E-state index is 13.6. The van der Waals surface area contributed by atoms with Crippen LogP contribution in [-0.2, 0) is 0 Å². The van der Waals surface area contributed by atoms with Crippen LogP contribution in [0.3, 0.4) is 0 Å². The normalized spacial score (nSPS) is 14.0. The number of carbonyl (C=O) groups excluding carboxylic acids is 1. The largest absolute Gasteiger partial charge is 0.371 e. The van der Waals surface area contributed by atoms with E-state index in [1.54, 1.807) is 17.0 Å². The van der Waals surface area contributed by atoms with Gasteiger partial charge in [0.05, 0.1) is 22.6 Å². The minimum absolute atomic E-state index is 0.134. The van der Waals surface area contributed by atoms with E-state index in [1.807, 2.05) is 31.9 Å². The summed E-state index contributed by atoms with van der Waals surface area (Å²) in [5, 5.41) is 0. The van der Waals surface area contributed by atoms with E-state index < -0.39 is 0 Å². The van der Waals surface area contributed by atoms with Crippen LogP contribution in [0.1, 0.15) is 21.7 Å². The molecule has 4 nitrogen and oxygen atoms in total. The zero-order chi connectivity index (χ0) is 15.9. The van der Waals surface area contributed by atoms with Crippen molar-refractivity contribution in [2.45, 2.75) is 13.8 Å². The van der Waals surface area contributed by atoms with Crippen molar-refractivity contribution >= 4 is 17.3 Å². The number of fused-ring (bicyclic) bond motifs is 1. The van der Waals surface area contributed by atoms with E-state index in [-0.39, 0.29) is 11.7 Å². The molecule has 0 fully saturated rings. The Bertz CT molecular complexity index is 745. The lowest BCUT2D eigenvalue weighted by molar-refractivity contribution is 0.0985. The second-order valence-corrected chi connectivity index (χ2v) is 5.60. The second-order valence-electron chi connectivity index (χ2n) is 5.60. The maximum Gasteiger partial charge on any atom is 0.260 e. The molecule has 22 heavy (non-hydrogen) atoms. The lowest BCUT2D eigenvalue weighted by atomic mass is 10.1. The lowest BCUT2D eigenvalue weighted by Gasteiger charge is -2.35. The second kappa shape index (κ2) is 5.40. The van der Waals surface area contributed by atoms with Gasteiger partial charge in [-0.15, -0.1) is 0 Å². The van der Waals surface area contributed by atoms with Crippen LogP contribution in [0.15, 0.2) is 30.3 Å². The Balaban J connectivity index is 2.04. The Labute approximate surface area is 129 Å². The van der Waals surface area contributed by atoms with Gasteiger partial charge in [0.1, 0.15) is 5.82 Å². The van der Waals surface area contributed by atoms with Gasteiger partial charge in [-0.05, 0) is 44.2 Å². The molecule has 0 bridgehead atoms. The van der Waals surface area contributed by atoms with Gasteiger partial charge in [0.2, 0.25) is 0 Å². The van der Waals surface area contributed by atoms with E-state index >= 15 is 0 Å². The van der Waals surface area contributed by atoms with E-state index in [4.69, 9.17) is 0 Å². The molecular weight excluding hydrogens is 281 g/mol. The summed E-state index contributed by atoms with van der Waals surface area (Å²) in [5.41, 5.74) is 3.60. The fourth-order valence-corrected chi connectivity index (χ4v) is 2.80. The van der Waals surface area contributed by atoms with Crippen LogP contribution in [0.5, 0.6) is 0 Å². The number of aromatic nitrogens is 1. The topological polar surface area (TPSA) is 36.4 Å². The zero-order valence-electron chi connectivity index (χ0n) is 12.9. The first-order valence-electron chi connectivity index (χ1n) is 7.24. The Kier molecular flexibility index (Phi) is 3.56. The molecule has 0 aliphatic carbocycles. The number of benzene rings is 1. The third-order valence-electron chi connectivity index (χ3n) is 4.00. The number of hydrogen-bond donors (Lipinski definition) is 0. The molecule has 2 aromatic rings. The van der Waals surface area contributed by atoms with E-state index in [1.165, 1.54) is 12.1 Å². The van der Waals surface area contributed by atoms with Gasteiger partial charge in [0.15, 0.2) is 0 Å². The molecule has 1 amide bonds. The smallest absolute Gasteiger partial charge is 0.260 e. The molecule has 1 aromatic carbocycles. The molecule has 114 valence electrons. The Hall–Kier alpha value is -2.43. The molecule has 0 spiro atoms. The van der Waals surface area contributed by atoms with E-state index in [9.17, 15) is 9.18 Å². The molecule has 2 heterocycles. The van der Waals surface area contributed by atoms with Crippen molar-refractivity contribution in [2.75, 3.05) is 29.9 Å². The predicted octanol–water partition coefficient (Wildman–Crippen LogP) is 2.93. The summed E-state index contributed by atoms with van der Waals surface area (Å²) in [5.74, 6) is -0.476. The van der Waals surface area contributed by atoms with Crippen LogP contribution in [0.4, 0.5) is 15.8 Å². The Morgan fingerprint density at radius 1 is 1.14 bits per heavy atom. The van der Waals surface area contributed by atoms with Gasteiger partial charge in [0, 0.05) is 25.8 Å². The highest BCUT2D eigenvalue weighted by Crippen LogP contribution is 2.33. The minimum atomic E-state index is -0.342. The molecule has 0 saturated carbocycles. The molecule has 1 aliphatic heterocycles. The predicted molar refractivity (Wildman–Crippen MR) is 85.1 cm³/mol. The summed E-state index contributed by atoms with van der Waals surface area (Å²) in [7, 11) is 1.94. The van der Waals surface area contributed by atoms with Crippen molar-refractivity contribution in [1.82, 2.24) is 4.98 Å². The average molecular weight is 299 g/mol. The van der Waals surface area contributed by atoms with Gasteiger partial charge in [-0.1, -0.05) is 0 Å². The van der Waals surface area contributed by atoms with Crippen LogP contribution in [0.25, 0.3) is 0 Å². The third-order valence-corrected chi connectivity index (χ3v) is 4.00. The number of aryl methyl sites for hydroxylation is 2. The van der Waals surface area contributed by atoms with Crippen LogP contribution in [0.2, 0.25) is 0 Å². The first-order valence-corrected chi connectivity index (χ1v) is 7.24. The van der Waals surface area contributed by atoms with E-state index in [2.05, 4.69) is 4.98 Å². The minimum Gasteiger partial charge on any atom is -0.371 e. The van der Waals surface area contributed by atoms with Crippen LogP contribution < -0.4 is 9.80 Å². The highest BCUT2D eigenvalue weighted by molar-refractivity contribution is 6.09. The molecule has 0 unspecified atom stereocenters. The van der Waals surface area contributed by atoms with Crippen LogP contribution >= 0.6 is 0 Å². The molecule has 5 heteroatoms. The summed E-state index contributed by atoms with van der Waals surface area (Å²) >= 11 is 0. The van der Waals surface area contributed by atoms with Crippen LogP contribution in [0, 0.1) is 19.7 Å².